The monoisotopic (exact) mass is 330 g/mol. The summed E-state index contributed by atoms with van der Waals surface area (Å²) in [5, 5.41) is 0. The number of hydrogen-bond acceptors (Lipinski definition) is 5. The van der Waals surface area contributed by atoms with Crippen LogP contribution in [0, 0.1) is 5.92 Å². The van der Waals surface area contributed by atoms with Gasteiger partial charge in [-0.3, -0.25) is 9.59 Å². The summed E-state index contributed by atoms with van der Waals surface area (Å²) in [5.41, 5.74) is 1.11. The second kappa shape index (κ2) is 8.86. The Balaban J connectivity index is 2.16. The molecule has 1 heterocycles. The van der Waals surface area contributed by atoms with Gasteiger partial charge in [0.25, 0.3) is 0 Å². The minimum absolute atomic E-state index is 0.150. The molecule has 0 aliphatic carbocycles. The van der Waals surface area contributed by atoms with Crippen molar-refractivity contribution < 1.29 is 19.1 Å². The van der Waals surface area contributed by atoms with Crippen LogP contribution in [0.15, 0.2) is 42.7 Å². The molecular formula is C18H22N2O4. The van der Waals surface area contributed by atoms with Crippen molar-refractivity contribution in [3.8, 4) is 0 Å². The van der Waals surface area contributed by atoms with E-state index in [1.165, 1.54) is 0 Å². The van der Waals surface area contributed by atoms with Crippen LogP contribution in [0.2, 0.25) is 0 Å². The van der Waals surface area contributed by atoms with E-state index in [0.29, 0.717) is 12.4 Å². The predicted molar refractivity (Wildman–Crippen MR) is 88.2 cm³/mol. The van der Waals surface area contributed by atoms with E-state index >= 15 is 0 Å². The lowest BCUT2D eigenvalue weighted by Gasteiger charge is -2.15. The highest BCUT2D eigenvalue weighted by Crippen LogP contribution is 2.14. The third kappa shape index (κ3) is 4.68. The number of esters is 2. The maximum atomic E-state index is 12.1. The summed E-state index contributed by atoms with van der Waals surface area (Å²) in [5.74, 6) is -1.51. The number of benzene rings is 1. The van der Waals surface area contributed by atoms with Gasteiger partial charge in [0.1, 0.15) is 5.82 Å². The van der Waals surface area contributed by atoms with Crippen LogP contribution >= 0.6 is 0 Å². The van der Waals surface area contributed by atoms with Gasteiger partial charge in [0.05, 0.1) is 13.2 Å². The lowest BCUT2D eigenvalue weighted by atomic mass is 10.1. The number of ether oxygens (including phenoxy) is 2. The molecular weight excluding hydrogens is 308 g/mol. The Labute approximate surface area is 141 Å². The van der Waals surface area contributed by atoms with Crippen molar-refractivity contribution >= 4 is 11.9 Å². The van der Waals surface area contributed by atoms with Gasteiger partial charge in [-0.2, -0.15) is 0 Å². The first-order valence-electron chi connectivity index (χ1n) is 8.02. The molecule has 0 saturated carbocycles. The minimum Gasteiger partial charge on any atom is -0.465 e. The van der Waals surface area contributed by atoms with Crippen molar-refractivity contribution in [2.75, 3.05) is 13.2 Å². The van der Waals surface area contributed by atoms with Crippen LogP contribution in [0.1, 0.15) is 25.2 Å². The highest BCUT2D eigenvalue weighted by molar-refractivity contribution is 5.95. The number of carbonyl (C=O) groups is 2. The number of hydrogen-bond donors (Lipinski definition) is 0. The van der Waals surface area contributed by atoms with E-state index in [-0.39, 0.29) is 19.6 Å². The van der Waals surface area contributed by atoms with Crippen LogP contribution in [0.25, 0.3) is 0 Å². The van der Waals surface area contributed by atoms with Gasteiger partial charge >= 0.3 is 11.9 Å². The van der Waals surface area contributed by atoms with Gasteiger partial charge in [-0.25, -0.2) is 4.98 Å². The van der Waals surface area contributed by atoms with E-state index in [1.807, 2.05) is 41.1 Å². The average molecular weight is 330 g/mol. The van der Waals surface area contributed by atoms with Crippen LogP contribution in [0.3, 0.4) is 0 Å². The van der Waals surface area contributed by atoms with E-state index in [2.05, 4.69) is 4.98 Å². The molecule has 0 aliphatic rings. The molecule has 1 aromatic carbocycles. The molecule has 2 rings (SSSR count). The van der Waals surface area contributed by atoms with Crippen molar-refractivity contribution in [3.63, 3.8) is 0 Å². The Kier molecular flexibility index (Phi) is 6.54. The molecule has 0 saturated heterocycles. The van der Waals surface area contributed by atoms with Crippen LogP contribution in [-0.4, -0.2) is 34.7 Å². The standard InChI is InChI=1S/C18H22N2O4/c1-3-23-17(21)15(18(22)24-4-2)12-16-19-10-11-20(16)13-14-8-6-5-7-9-14/h5-11,15H,3-4,12-13H2,1-2H3. The predicted octanol–water partition coefficient (Wildman–Crippen LogP) is 2.22. The molecule has 0 atom stereocenters. The van der Waals surface area contributed by atoms with E-state index < -0.39 is 17.9 Å². The van der Waals surface area contributed by atoms with Gasteiger partial charge in [-0.05, 0) is 19.4 Å². The fraction of sp³-hybridized carbons (Fsp3) is 0.389. The number of imidazole rings is 1. The Morgan fingerprint density at radius 2 is 1.71 bits per heavy atom. The van der Waals surface area contributed by atoms with E-state index in [4.69, 9.17) is 9.47 Å². The quantitative estimate of drug-likeness (QED) is 0.548. The molecule has 0 spiro atoms. The molecule has 0 fully saturated rings. The smallest absolute Gasteiger partial charge is 0.320 e. The zero-order valence-electron chi connectivity index (χ0n) is 14.0. The van der Waals surface area contributed by atoms with E-state index in [9.17, 15) is 9.59 Å². The molecule has 0 aliphatic heterocycles. The second-order valence-electron chi connectivity index (χ2n) is 5.22. The zero-order chi connectivity index (χ0) is 17.4. The molecule has 24 heavy (non-hydrogen) atoms. The summed E-state index contributed by atoms with van der Waals surface area (Å²) in [6, 6.07) is 9.91. The Hall–Kier alpha value is -2.63. The van der Waals surface area contributed by atoms with Crippen molar-refractivity contribution in [3.05, 3.63) is 54.1 Å². The lowest BCUT2D eigenvalue weighted by molar-refractivity contribution is -0.161. The first kappa shape index (κ1) is 17.7. The van der Waals surface area contributed by atoms with Crippen molar-refractivity contribution in [1.29, 1.82) is 0 Å². The average Bonchev–Trinajstić information content (AvgIpc) is 3.00. The van der Waals surface area contributed by atoms with Gasteiger partial charge in [0.2, 0.25) is 0 Å². The summed E-state index contributed by atoms with van der Waals surface area (Å²) in [6.07, 6.45) is 3.64. The van der Waals surface area contributed by atoms with Gasteiger partial charge < -0.3 is 14.0 Å². The molecule has 1 aromatic heterocycles. The largest absolute Gasteiger partial charge is 0.465 e. The zero-order valence-corrected chi connectivity index (χ0v) is 14.0. The molecule has 0 amide bonds. The summed E-state index contributed by atoms with van der Waals surface area (Å²) < 4.78 is 11.9. The van der Waals surface area contributed by atoms with Crippen LogP contribution < -0.4 is 0 Å². The number of rotatable bonds is 8. The summed E-state index contributed by atoms with van der Waals surface area (Å²) in [6.45, 7) is 4.46. The minimum atomic E-state index is -0.998. The molecule has 6 heteroatoms. The van der Waals surface area contributed by atoms with Crippen molar-refractivity contribution in [1.82, 2.24) is 9.55 Å². The maximum absolute atomic E-state index is 12.1. The Morgan fingerprint density at radius 1 is 1.08 bits per heavy atom. The number of carbonyl (C=O) groups excluding carboxylic acids is 2. The maximum Gasteiger partial charge on any atom is 0.320 e. The summed E-state index contributed by atoms with van der Waals surface area (Å²) in [7, 11) is 0. The fourth-order valence-electron chi connectivity index (χ4n) is 2.39. The van der Waals surface area contributed by atoms with Gasteiger partial charge in [0, 0.05) is 25.4 Å². The highest BCUT2D eigenvalue weighted by Gasteiger charge is 2.31. The van der Waals surface area contributed by atoms with Gasteiger partial charge in [-0.1, -0.05) is 30.3 Å². The van der Waals surface area contributed by atoms with Crippen molar-refractivity contribution in [2.24, 2.45) is 5.92 Å². The second-order valence-corrected chi connectivity index (χ2v) is 5.22. The Bertz CT molecular complexity index is 649. The molecule has 128 valence electrons. The lowest BCUT2D eigenvalue weighted by Crippen LogP contribution is -2.31. The molecule has 0 radical (unpaired) electrons. The first-order valence-corrected chi connectivity index (χ1v) is 8.02. The molecule has 0 bridgehead atoms. The molecule has 0 unspecified atom stereocenters. The number of aromatic nitrogens is 2. The van der Waals surface area contributed by atoms with Crippen LogP contribution in [0.5, 0.6) is 0 Å². The third-order valence-corrected chi connectivity index (χ3v) is 3.53. The topological polar surface area (TPSA) is 70.4 Å². The van der Waals surface area contributed by atoms with E-state index in [0.717, 1.165) is 5.56 Å². The van der Waals surface area contributed by atoms with Crippen LogP contribution in [-0.2, 0) is 32.0 Å². The first-order chi connectivity index (χ1) is 11.7. The van der Waals surface area contributed by atoms with Gasteiger partial charge in [-0.15, -0.1) is 0 Å². The third-order valence-electron chi connectivity index (χ3n) is 3.53. The molecule has 6 nitrogen and oxygen atoms in total. The normalized spacial score (nSPS) is 10.6. The fourth-order valence-corrected chi connectivity index (χ4v) is 2.39. The summed E-state index contributed by atoms with van der Waals surface area (Å²) >= 11 is 0. The molecule has 0 N–H and O–H groups in total. The highest BCUT2D eigenvalue weighted by atomic mass is 16.6. The molecule has 2 aromatic rings. The van der Waals surface area contributed by atoms with Crippen LogP contribution in [0.4, 0.5) is 0 Å². The summed E-state index contributed by atoms with van der Waals surface area (Å²) in [4.78, 5) is 28.5. The van der Waals surface area contributed by atoms with Crippen molar-refractivity contribution in [2.45, 2.75) is 26.8 Å². The van der Waals surface area contributed by atoms with E-state index in [1.54, 1.807) is 20.0 Å². The Morgan fingerprint density at radius 3 is 2.29 bits per heavy atom. The van der Waals surface area contributed by atoms with Gasteiger partial charge in [0.15, 0.2) is 5.92 Å². The SMILES string of the molecule is CCOC(=O)C(Cc1nccn1Cc1ccccc1)C(=O)OCC. The number of nitrogens with zero attached hydrogens (tertiary/aromatic N) is 2.